The normalized spacial score (nSPS) is 22.7. The Balaban J connectivity index is -0.000000282. The van der Waals surface area contributed by atoms with E-state index in [1.165, 1.54) is 150 Å². The summed E-state index contributed by atoms with van der Waals surface area (Å²) in [7, 11) is 0. The highest BCUT2D eigenvalue weighted by atomic mass is 16.5. The van der Waals surface area contributed by atoms with Gasteiger partial charge in [-0.05, 0) is 265 Å². The summed E-state index contributed by atoms with van der Waals surface area (Å²) >= 11 is 0. The predicted octanol–water partition coefficient (Wildman–Crippen LogP) is 28.5. The summed E-state index contributed by atoms with van der Waals surface area (Å²) in [6.07, 6.45) is 48.7. The van der Waals surface area contributed by atoms with E-state index in [2.05, 4.69) is 173 Å². The van der Waals surface area contributed by atoms with Gasteiger partial charge in [-0.15, -0.1) is 0 Å². The molecule has 0 amide bonds. The topological polar surface area (TPSA) is 35.5 Å². The van der Waals surface area contributed by atoms with Crippen molar-refractivity contribution < 1.29 is 14.3 Å². The molecule has 3 heteroatoms. The van der Waals surface area contributed by atoms with E-state index in [9.17, 15) is 4.79 Å². The summed E-state index contributed by atoms with van der Waals surface area (Å²) in [5, 5.41) is 0. The first-order valence-corrected chi connectivity index (χ1v) is 36.5. The van der Waals surface area contributed by atoms with Crippen molar-refractivity contribution in [2.75, 3.05) is 13.2 Å². The van der Waals surface area contributed by atoms with Crippen LogP contribution in [0.25, 0.3) is 0 Å². The van der Waals surface area contributed by atoms with E-state index in [4.69, 9.17) is 9.47 Å². The Kier molecular flexibility index (Phi) is 67.7. The van der Waals surface area contributed by atoms with Gasteiger partial charge in [-0.3, -0.25) is 0 Å². The van der Waals surface area contributed by atoms with Gasteiger partial charge in [0.25, 0.3) is 0 Å². The molecule has 0 aliphatic heterocycles. The first kappa shape index (κ1) is 92.1. The maximum absolute atomic E-state index is 10.9. The first-order chi connectivity index (χ1) is 41.5. The van der Waals surface area contributed by atoms with Crippen LogP contribution in [-0.4, -0.2) is 19.2 Å². The van der Waals surface area contributed by atoms with Crippen LogP contribution in [0.15, 0.2) is 130 Å². The Labute approximate surface area is 548 Å². The third-order valence-electron chi connectivity index (χ3n) is 16.6. The van der Waals surface area contributed by atoms with Gasteiger partial charge in [0.2, 0.25) is 0 Å². The molecule has 508 valence electrons. The Morgan fingerprint density at radius 1 is 0.391 bits per heavy atom. The van der Waals surface area contributed by atoms with Crippen LogP contribution < -0.4 is 0 Å². The molecule has 87 heavy (non-hydrogen) atoms. The van der Waals surface area contributed by atoms with E-state index in [0.717, 1.165) is 77.1 Å². The molecular weight excluding hydrogens is 1060 g/mol. The van der Waals surface area contributed by atoms with Crippen LogP contribution in [0.5, 0.6) is 0 Å². The minimum Gasteiger partial charge on any atom is -0.499 e. The molecule has 0 heterocycles. The van der Waals surface area contributed by atoms with Gasteiger partial charge < -0.3 is 9.47 Å². The number of hydrogen-bond donors (Lipinski definition) is 0. The molecule has 0 N–H and O–H groups in total. The highest BCUT2D eigenvalue weighted by Crippen LogP contribution is 2.56. The number of esters is 1. The quantitative estimate of drug-likeness (QED) is 0.128. The van der Waals surface area contributed by atoms with Crippen LogP contribution >= 0.6 is 0 Å². The van der Waals surface area contributed by atoms with Crippen LogP contribution in [0.3, 0.4) is 0 Å². The van der Waals surface area contributed by atoms with Crippen molar-refractivity contribution in [3.05, 3.63) is 130 Å². The molecule has 0 aromatic heterocycles. The van der Waals surface area contributed by atoms with Crippen LogP contribution in [0, 0.1) is 59.2 Å². The molecule has 9 aliphatic carbocycles. The standard InChI is InChI=1S/2C10H14.C8H14O2.C7H14O.C7H10.C7H14.C6H10.C6H6.C6H12.5C3H8.C2H6/c2*1-2-9-7-4-5-8(6-7)10(9)3-1;1-5-10-8(9)7(4)6(2)3;1-5-8-7(4)6(2)3;1-2-7-4-3-6(1)5-7;1-5-7(4)6(2)3;2*1-2-4-6-5-3-1;1-5(2)6(3)4;5*1-3-2;1-2/h4-5,7-10H,1-3,6H2;1-2,7-10H,3-6H2;5H2,1-4H3;5H2,1-4H3;1-2,6-7H,3-5H2;5H2,1-4H3;1-2H,3-6H2;1-6H;1-4H3;5*3H2,1-2H3;1-2H3. The zero-order valence-electron chi connectivity index (χ0n) is 63.8. The smallest absolute Gasteiger partial charge is 0.333 e. The minimum absolute atomic E-state index is 0.206. The van der Waals surface area contributed by atoms with Gasteiger partial charge in [-0.2, -0.15) is 0 Å². The van der Waals surface area contributed by atoms with Crippen LogP contribution in [0.1, 0.15) is 329 Å². The third-order valence-corrected chi connectivity index (χ3v) is 16.6. The molecule has 1 aromatic rings. The fourth-order valence-electron chi connectivity index (χ4n) is 11.0. The van der Waals surface area contributed by atoms with Crippen LogP contribution in [-0.2, 0) is 14.3 Å². The zero-order valence-corrected chi connectivity index (χ0v) is 63.8. The molecule has 10 unspecified atom stereocenters. The summed E-state index contributed by atoms with van der Waals surface area (Å²) in [4.78, 5) is 10.9. The number of rotatable bonds is 5. The fourth-order valence-corrected chi connectivity index (χ4v) is 11.0. The summed E-state index contributed by atoms with van der Waals surface area (Å²) < 4.78 is 9.95. The Bertz CT molecular complexity index is 1840. The number of allylic oxidation sites excluding steroid dienone is 15. The van der Waals surface area contributed by atoms with Gasteiger partial charge in [-0.25, -0.2) is 4.79 Å². The Hall–Kier alpha value is -3.59. The van der Waals surface area contributed by atoms with E-state index < -0.39 is 0 Å². The summed E-state index contributed by atoms with van der Waals surface area (Å²) in [6, 6.07) is 12.0. The molecule has 9 aliphatic rings. The molecule has 10 rings (SSSR count). The lowest BCUT2D eigenvalue weighted by Crippen LogP contribution is -2.16. The lowest BCUT2D eigenvalue weighted by molar-refractivity contribution is -0.138. The number of carbonyl (C=O) groups is 1. The molecule has 0 spiro atoms. The van der Waals surface area contributed by atoms with Gasteiger partial charge in [0, 0.05) is 5.57 Å². The molecule has 3 nitrogen and oxygen atoms in total. The lowest BCUT2D eigenvalue weighted by atomic mass is 9.82. The van der Waals surface area contributed by atoms with Crippen molar-refractivity contribution in [3.63, 3.8) is 0 Å². The van der Waals surface area contributed by atoms with Gasteiger partial charge in [0.1, 0.15) is 0 Å². The maximum Gasteiger partial charge on any atom is 0.333 e. The van der Waals surface area contributed by atoms with E-state index in [1.807, 2.05) is 91.8 Å². The summed E-state index contributed by atoms with van der Waals surface area (Å²) in [5.74, 6) is 11.4. The van der Waals surface area contributed by atoms with Crippen molar-refractivity contribution in [2.24, 2.45) is 59.2 Å². The molecular formula is C84H154O3. The van der Waals surface area contributed by atoms with Crippen molar-refractivity contribution in [2.45, 2.75) is 329 Å². The van der Waals surface area contributed by atoms with E-state index >= 15 is 0 Å². The second-order valence-electron chi connectivity index (χ2n) is 26.1. The zero-order chi connectivity index (χ0) is 67.5. The van der Waals surface area contributed by atoms with Gasteiger partial charge in [0.15, 0.2) is 0 Å². The summed E-state index contributed by atoms with van der Waals surface area (Å²) in [5.41, 5.74) is 8.81. The van der Waals surface area contributed by atoms with E-state index in [1.54, 1.807) is 26.7 Å². The van der Waals surface area contributed by atoms with Gasteiger partial charge in [-0.1, -0.05) is 241 Å². The Morgan fingerprint density at radius 2 is 0.793 bits per heavy atom. The van der Waals surface area contributed by atoms with E-state index in [-0.39, 0.29) is 5.97 Å². The van der Waals surface area contributed by atoms with Crippen molar-refractivity contribution in [1.82, 2.24) is 0 Å². The van der Waals surface area contributed by atoms with Gasteiger partial charge >= 0.3 is 5.97 Å². The number of benzene rings is 1. The third kappa shape index (κ3) is 48.9. The molecule has 0 radical (unpaired) electrons. The molecule has 1 aromatic carbocycles. The Morgan fingerprint density at radius 3 is 1.05 bits per heavy atom. The summed E-state index contributed by atoms with van der Waals surface area (Å²) in [6.45, 7) is 59.0. The van der Waals surface area contributed by atoms with Crippen molar-refractivity contribution >= 4 is 5.97 Å². The first-order valence-electron chi connectivity index (χ1n) is 36.5. The highest BCUT2D eigenvalue weighted by molar-refractivity contribution is 5.88. The largest absolute Gasteiger partial charge is 0.499 e. The fraction of sp³-hybridized carbons (Fsp3) is 0.726. The minimum atomic E-state index is -0.206. The monoisotopic (exact) mass is 1210 g/mol. The average Bonchev–Trinajstić information content (AvgIpc) is 1.81. The second kappa shape index (κ2) is 64.0. The number of fused-ring (bicyclic) bond motifs is 12. The van der Waals surface area contributed by atoms with Crippen molar-refractivity contribution in [3.8, 4) is 0 Å². The van der Waals surface area contributed by atoms with Crippen molar-refractivity contribution in [1.29, 1.82) is 0 Å². The van der Waals surface area contributed by atoms with E-state index in [0.29, 0.717) is 12.2 Å². The molecule has 5 saturated carbocycles. The maximum atomic E-state index is 10.9. The highest BCUT2D eigenvalue weighted by Gasteiger charge is 2.47. The molecule has 5 fully saturated rings. The second-order valence-corrected chi connectivity index (χ2v) is 26.1. The van der Waals surface area contributed by atoms with Crippen LogP contribution in [0.4, 0.5) is 0 Å². The number of ether oxygens (including phenoxy) is 2. The number of carbonyl (C=O) groups excluding carboxylic acids is 1. The lowest BCUT2D eigenvalue weighted by Gasteiger charge is -2.23. The predicted molar refractivity (Wildman–Crippen MR) is 399 cm³/mol. The SMILES string of the molecule is C1=CC2C3CCC(C3)C2C1.C1=CC2CC1C1CCCC21.C1=CC2CCC1C2.C1=CCCCC1.CC.CC(C)=C(C)C.CCC.CCC.CCC.CCC.CCC.CCC(C)=C(C)C.CCOC(=O)C(C)=C(C)C.CCOC(C)=C(C)C.c1ccccc1. The average molecular weight is 1210 g/mol. The number of hydrogen-bond acceptors (Lipinski definition) is 3. The van der Waals surface area contributed by atoms with Crippen LogP contribution in [0.2, 0.25) is 0 Å². The molecule has 6 bridgehead atoms. The molecule has 0 saturated heterocycles. The van der Waals surface area contributed by atoms with Gasteiger partial charge in [0.05, 0.1) is 19.0 Å². The molecule has 10 atom stereocenters.